The van der Waals surface area contributed by atoms with Crippen LogP contribution in [0, 0.1) is 5.21 Å². The van der Waals surface area contributed by atoms with Crippen LogP contribution in [0.3, 0.4) is 0 Å². The van der Waals surface area contributed by atoms with Gasteiger partial charge >= 0.3 is 0 Å². The van der Waals surface area contributed by atoms with Crippen molar-refractivity contribution in [3.8, 4) is 0 Å². The summed E-state index contributed by atoms with van der Waals surface area (Å²) in [5, 5.41) is 12.4. The van der Waals surface area contributed by atoms with Crippen LogP contribution >= 0.6 is 0 Å². The molecule has 0 unspecified atom stereocenters. The molecule has 0 saturated heterocycles. The molecule has 4 nitrogen and oxygen atoms in total. The number of nitrogens with zero attached hydrogens (tertiary/aromatic N) is 2. The number of allylic oxidation sites excluding steroid dienone is 1. The van der Waals surface area contributed by atoms with E-state index in [2.05, 4.69) is 11.1 Å². The monoisotopic (exact) mass is 243 g/mol. The van der Waals surface area contributed by atoms with Gasteiger partial charge in [-0.3, -0.25) is 4.79 Å². The van der Waals surface area contributed by atoms with Gasteiger partial charge in [-0.15, -0.1) is 6.58 Å². The van der Waals surface area contributed by atoms with Crippen LogP contribution in [0.5, 0.6) is 0 Å². The Hall–Kier alpha value is -2.07. The number of benzene rings is 1. The molecule has 0 aliphatic carbocycles. The zero-order valence-electron chi connectivity index (χ0n) is 10.3. The first-order chi connectivity index (χ1) is 8.61. The van der Waals surface area contributed by atoms with Gasteiger partial charge in [0.15, 0.2) is 0 Å². The van der Waals surface area contributed by atoms with Gasteiger partial charge in [-0.25, -0.2) is 0 Å². The number of amides is 1. The lowest BCUT2D eigenvalue weighted by molar-refractivity contribution is -0.126. The average Bonchev–Trinajstić information content (AvgIpc) is 2.72. The number of hydroxylamine groups is 2. The molecule has 0 N–H and O–H groups in total. The summed E-state index contributed by atoms with van der Waals surface area (Å²) in [6.07, 6.45) is 3.94. The summed E-state index contributed by atoms with van der Waals surface area (Å²) in [6.45, 7) is 4.44. The van der Waals surface area contributed by atoms with Crippen LogP contribution in [-0.2, 0) is 17.8 Å². The fourth-order valence-corrected chi connectivity index (χ4v) is 1.92. The minimum absolute atomic E-state index is 0.134. The largest absolute Gasteiger partial charge is 0.756 e. The molecule has 2 rings (SSSR count). The number of hydrogen-bond donors (Lipinski definition) is 0. The Morgan fingerprint density at radius 1 is 1.50 bits per heavy atom. The van der Waals surface area contributed by atoms with Gasteiger partial charge in [0.2, 0.25) is 5.91 Å². The van der Waals surface area contributed by atoms with Gasteiger partial charge in [0.05, 0.1) is 6.42 Å². The molecule has 4 heteroatoms. The lowest BCUT2D eigenvalue weighted by Gasteiger charge is -2.21. The molecule has 0 atom stereocenters. The second-order valence-corrected chi connectivity index (χ2v) is 4.22. The maximum atomic E-state index is 11.4. The highest BCUT2D eigenvalue weighted by Gasteiger charge is 2.05. The van der Waals surface area contributed by atoms with Crippen LogP contribution in [0.1, 0.15) is 5.56 Å². The molecule has 0 bridgehead atoms. The molecule has 2 aromatic rings. The van der Waals surface area contributed by atoms with Crippen LogP contribution in [0.2, 0.25) is 0 Å². The summed E-state index contributed by atoms with van der Waals surface area (Å²) in [6, 6.07) is 7.80. The van der Waals surface area contributed by atoms with Gasteiger partial charge in [-0.05, 0) is 30.1 Å². The van der Waals surface area contributed by atoms with Crippen molar-refractivity contribution in [1.29, 1.82) is 0 Å². The van der Waals surface area contributed by atoms with Gasteiger partial charge < -0.3 is 14.8 Å². The molecule has 0 fully saturated rings. The summed E-state index contributed by atoms with van der Waals surface area (Å²) >= 11 is 0. The summed E-state index contributed by atoms with van der Waals surface area (Å²) in [5.41, 5.74) is 1.90. The van der Waals surface area contributed by atoms with Crippen molar-refractivity contribution in [3.05, 3.63) is 53.9 Å². The molecule has 1 heterocycles. The molecule has 94 valence electrons. The second-order valence-electron chi connectivity index (χ2n) is 4.22. The van der Waals surface area contributed by atoms with E-state index in [4.69, 9.17) is 0 Å². The standard InChI is InChI=1S/C14H15N2O2/c1-3-7-16-8-6-12-5-4-11(9-13(12)16)10-14(17)15(2)18/h3-6,8-9H,1,7,10H2,2H3/q-1. The number of aromatic nitrogens is 1. The fourth-order valence-electron chi connectivity index (χ4n) is 1.92. The van der Waals surface area contributed by atoms with E-state index in [0.29, 0.717) is 5.06 Å². The lowest BCUT2D eigenvalue weighted by Crippen LogP contribution is -2.21. The summed E-state index contributed by atoms with van der Waals surface area (Å²) in [5.74, 6) is -0.434. The normalized spacial score (nSPS) is 10.6. The van der Waals surface area contributed by atoms with Crippen LogP contribution in [0.25, 0.3) is 10.9 Å². The molecule has 1 aromatic heterocycles. The first kappa shape index (κ1) is 12.4. The highest BCUT2D eigenvalue weighted by Crippen LogP contribution is 2.18. The van der Waals surface area contributed by atoms with Crippen LogP contribution < -0.4 is 0 Å². The number of likely N-dealkylation sites (N-methyl/N-ethyl adjacent to an activating group) is 1. The van der Waals surface area contributed by atoms with Gasteiger partial charge in [-0.1, -0.05) is 18.2 Å². The Kier molecular flexibility index (Phi) is 3.48. The third-order valence-electron chi connectivity index (χ3n) is 2.87. The minimum atomic E-state index is -0.434. The van der Waals surface area contributed by atoms with E-state index in [1.54, 1.807) is 0 Å². The SMILES string of the molecule is C=CCn1ccc2ccc(CC(=O)N(C)[O-])cc21. The first-order valence-electron chi connectivity index (χ1n) is 5.74. The van der Waals surface area contributed by atoms with Crippen molar-refractivity contribution >= 4 is 16.8 Å². The van der Waals surface area contributed by atoms with Crippen molar-refractivity contribution in [2.45, 2.75) is 13.0 Å². The van der Waals surface area contributed by atoms with E-state index in [9.17, 15) is 10.0 Å². The molecule has 0 aliphatic rings. The Morgan fingerprint density at radius 3 is 2.94 bits per heavy atom. The molecule has 1 amide bonds. The molecule has 0 saturated carbocycles. The van der Waals surface area contributed by atoms with E-state index in [1.165, 1.54) is 7.05 Å². The summed E-state index contributed by atoms with van der Waals surface area (Å²) < 4.78 is 2.05. The topological polar surface area (TPSA) is 48.3 Å². The van der Waals surface area contributed by atoms with Gasteiger partial charge in [0.1, 0.15) is 0 Å². The number of carbonyl (C=O) groups is 1. The van der Waals surface area contributed by atoms with E-state index in [-0.39, 0.29) is 6.42 Å². The molecular weight excluding hydrogens is 228 g/mol. The number of hydrogen-bond acceptors (Lipinski definition) is 2. The van der Waals surface area contributed by atoms with E-state index >= 15 is 0 Å². The van der Waals surface area contributed by atoms with Crippen molar-refractivity contribution in [3.63, 3.8) is 0 Å². The summed E-state index contributed by atoms with van der Waals surface area (Å²) in [4.78, 5) is 11.4. The maximum Gasteiger partial charge on any atom is 0.216 e. The zero-order valence-corrected chi connectivity index (χ0v) is 10.3. The van der Waals surface area contributed by atoms with Gasteiger partial charge in [-0.2, -0.15) is 0 Å². The van der Waals surface area contributed by atoms with Gasteiger partial charge in [0, 0.05) is 18.3 Å². The second kappa shape index (κ2) is 5.06. The fraction of sp³-hybridized carbons (Fsp3) is 0.214. The molecule has 0 spiro atoms. The number of rotatable bonds is 4. The highest BCUT2D eigenvalue weighted by molar-refractivity contribution is 5.84. The van der Waals surface area contributed by atoms with E-state index < -0.39 is 5.91 Å². The Balaban J connectivity index is 2.33. The predicted octanol–water partition coefficient (Wildman–Crippen LogP) is 2.33. The average molecular weight is 243 g/mol. The Morgan fingerprint density at radius 2 is 2.28 bits per heavy atom. The van der Waals surface area contributed by atoms with Crippen molar-refractivity contribution in [1.82, 2.24) is 9.63 Å². The van der Waals surface area contributed by atoms with E-state index in [0.717, 1.165) is 23.0 Å². The zero-order chi connectivity index (χ0) is 13.1. The third kappa shape index (κ3) is 2.43. The Bertz CT molecular complexity index is 584. The molecule has 0 aliphatic heterocycles. The third-order valence-corrected chi connectivity index (χ3v) is 2.87. The molecule has 18 heavy (non-hydrogen) atoms. The molecule has 0 radical (unpaired) electrons. The number of carbonyl (C=O) groups excluding carboxylic acids is 1. The highest BCUT2D eigenvalue weighted by atomic mass is 16.5. The Labute approximate surface area is 106 Å². The van der Waals surface area contributed by atoms with E-state index in [1.807, 2.05) is 36.5 Å². The maximum absolute atomic E-state index is 11.4. The van der Waals surface area contributed by atoms with Crippen molar-refractivity contribution < 1.29 is 4.79 Å². The molecule has 1 aromatic carbocycles. The van der Waals surface area contributed by atoms with Crippen LogP contribution in [-0.4, -0.2) is 22.6 Å². The summed E-state index contributed by atoms with van der Waals surface area (Å²) in [7, 11) is 1.22. The van der Waals surface area contributed by atoms with Crippen molar-refractivity contribution in [2.75, 3.05) is 7.05 Å². The minimum Gasteiger partial charge on any atom is -0.756 e. The van der Waals surface area contributed by atoms with Crippen LogP contribution in [0.15, 0.2) is 43.1 Å². The molecular formula is C14H15N2O2-. The predicted molar refractivity (Wildman–Crippen MR) is 72.0 cm³/mol. The first-order valence-corrected chi connectivity index (χ1v) is 5.74. The van der Waals surface area contributed by atoms with Gasteiger partial charge in [0.25, 0.3) is 0 Å². The smallest absolute Gasteiger partial charge is 0.216 e. The number of fused-ring (bicyclic) bond motifs is 1. The van der Waals surface area contributed by atoms with Crippen LogP contribution in [0.4, 0.5) is 0 Å². The lowest BCUT2D eigenvalue weighted by atomic mass is 10.1. The quantitative estimate of drug-likeness (QED) is 0.611. The van der Waals surface area contributed by atoms with Crippen molar-refractivity contribution in [2.24, 2.45) is 0 Å².